The maximum absolute atomic E-state index is 12.0. The molecule has 0 atom stereocenters. The molecular weight excluding hydrogens is 361 g/mol. The molecule has 5 nitrogen and oxygen atoms in total. The Kier molecular flexibility index (Phi) is 7.22. The molecule has 2 rings (SSSR count). The van der Waals surface area contributed by atoms with Crippen LogP contribution in [-0.2, 0) is 16.1 Å². The Labute approximate surface area is 156 Å². The summed E-state index contributed by atoms with van der Waals surface area (Å²) in [5.41, 5.74) is 0.667. The van der Waals surface area contributed by atoms with E-state index in [-0.39, 0.29) is 11.7 Å². The number of ketones is 1. The summed E-state index contributed by atoms with van der Waals surface area (Å²) in [6, 6.07) is 6.95. The lowest BCUT2D eigenvalue weighted by Crippen LogP contribution is -2.09. The fourth-order valence-corrected chi connectivity index (χ4v) is 2.55. The van der Waals surface area contributed by atoms with Gasteiger partial charge in [0, 0.05) is 31.3 Å². The van der Waals surface area contributed by atoms with Crippen LogP contribution in [0.5, 0.6) is 0 Å². The highest BCUT2D eigenvalue weighted by Gasteiger charge is 2.04. The fraction of sp³-hybridized carbons (Fsp3) is 0.278. The van der Waals surface area contributed by atoms with Crippen molar-refractivity contribution in [3.63, 3.8) is 0 Å². The molecule has 0 fully saturated rings. The molecule has 0 aliphatic carbocycles. The molecule has 0 radical (unpaired) electrons. The first-order valence-corrected chi connectivity index (χ1v) is 8.67. The van der Waals surface area contributed by atoms with Crippen LogP contribution in [-0.4, -0.2) is 21.5 Å². The van der Waals surface area contributed by atoms with Crippen LogP contribution < -0.4 is 5.32 Å². The third kappa shape index (κ3) is 6.36. The molecule has 0 aliphatic heterocycles. The molecule has 2 aromatic rings. The van der Waals surface area contributed by atoms with Gasteiger partial charge in [0.15, 0.2) is 5.82 Å². The molecule has 0 saturated carbocycles. The lowest BCUT2D eigenvalue weighted by atomic mass is 10.2. The van der Waals surface area contributed by atoms with Crippen LogP contribution in [0.25, 0.3) is 6.08 Å². The maximum atomic E-state index is 12.0. The van der Waals surface area contributed by atoms with Crippen molar-refractivity contribution in [2.45, 2.75) is 32.7 Å². The summed E-state index contributed by atoms with van der Waals surface area (Å²) in [6.07, 6.45) is 7.05. The normalized spacial score (nSPS) is 11.0. The Hall–Kier alpha value is -2.11. The predicted octanol–water partition coefficient (Wildman–Crippen LogP) is 4.60. The number of aryl methyl sites for hydroxylation is 1. The highest BCUT2D eigenvalue weighted by Crippen LogP contribution is 2.26. The second-order valence-corrected chi connectivity index (χ2v) is 6.37. The number of anilines is 1. The lowest BCUT2D eigenvalue weighted by molar-refractivity contribution is -0.117. The Morgan fingerprint density at radius 3 is 2.80 bits per heavy atom. The largest absolute Gasteiger partial charge is 0.306 e. The van der Waals surface area contributed by atoms with Crippen molar-refractivity contribution in [3.8, 4) is 0 Å². The van der Waals surface area contributed by atoms with Crippen molar-refractivity contribution in [2.75, 3.05) is 5.32 Å². The van der Waals surface area contributed by atoms with Crippen LogP contribution in [0.1, 0.15) is 31.7 Å². The molecule has 0 bridgehead atoms. The van der Waals surface area contributed by atoms with Crippen molar-refractivity contribution < 1.29 is 9.59 Å². The van der Waals surface area contributed by atoms with Crippen molar-refractivity contribution in [2.24, 2.45) is 0 Å². The monoisotopic (exact) mass is 379 g/mol. The van der Waals surface area contributed by atoms with E-state index in [1.54, 1.807) is 48.1 Å². The van der Waals surface area contributed by atoms with Gasteiger partial charge in [-0.25, -0.2) is 0 Å². The number of nitrogens with one attached hydrogen (secondary N) is 1. The smallest absolute Gasteiger partial charge is 0.249 e. The van der Waals surface area contributed by atoms with Crippen molar-refractivity contribution >= 4 is 46.8 Å². The first-order valence-electron chi connectivity index (χ1n) is 7.91. The highest BCUT2D eigenvalue weighted by molar-refractivity contribution is 6.42. The quantitative estimate of drug-likeness (QED) is 0.538. The molecule has 1 heterocycles. The molecule has 0 spiro atoms. The topological polar surface area (TPSA) is 64.0 Å². The SMILES string of the molecule is CC(=O)CCCCn1ccc(NC(=O)C=Cc2cccc(Cl)c2Cl)n1. The Morgan fingerprint density at radius 1 is 1.24 bits per heavy atom. The highest BCUT2D eigenvalue weighted by atomic mass is 35.5. The van der Waals surface area contributed by atoms with Gasteiger partial charge in [0.2, 0.25) is 5.91 Å². The van der Waals surface area contributed by atoms with Crippen molar-refractivity contribution in [3.05, 3.63) is 52.1 Å². The maximum Gasteiger partial charge on any atom is 0.249 e. The first-order chi connectivity index (χ1) is 12.0. The summed E-state index contributed by atoms with van der Waals surface area (Å²) >= 11 is 12.0. The average molecular weight is 380 g/mol. The number of amides is 1. The molecule has 7 heteroatoms. The van der Waals surface area contributed by atoms with Gasteiger partial charge in [-0.3, -0.25) is 9.48 Å². The third-order valence-corrected chi connectivity index (χ3v) is 4.29. The van der Waals surface area contributed by atoms with E-state index in [2.05, 4.69) is 10.4 Å². The van der Waals surface area contributed by atoms with Crippen LogP contribution in [0.4, 0.5) is 5.82 Å². The molecule has 0 saturated heterocycles. The number of unbranched alkanes of at least 4 members (excludes halogenated alkanes) is 1. The summed E-state index contributed by atoms with van der Waals surface area (Å²) in [5, 5.41) is 7.80. The number of nitrogens with zero attached hydrogens (tertiary/aromatic N) is 2. The molecular formula is C18H19Cl2N3O2. The number of carbonyl (C=O) groups is 2. The number of benzene rings is 1. The van der Waals surface area contributed by atoms with Gasteiger partial charge in [0.05, 0.1) is 10.0 Å². The van der Waals surface area contributed by atoms with Crippen LogP contribution in [0.15, 0.2) is 36.5 Å². The van der Waals surface area contributed by atoms with E-state index in [4.69, 9.17) is 23.2 Å². The fourth-order valence-electron chi connectivity index (χ4n) is 2.18. The van der Waals surface area contributed by atoms with Gasteiger partial charge in [-0.2, -0.15) is 5.10 Å². The average Bonchev–Trinajstić information content (AvgIpc) is 3.00. The Bertz CT molecular complexity index is 784. The number of aromatic nitrogens is 2. The molecule has 1 amide bonds. The minimum atomic E-state index is -0.308. The van der Waals surface area contributed by atoms with Crippen LogP contribution in [0, 0.1) is 0 Å². The van der Waals surface area contributed by atoms with Crippen LogP contribution in [0.3, 0.4) is 0 Å². The van der Waals surface area contributed by atoms with E-state index in [9.17, 15) is 9.59 Å². The second-order valence-electron chi connectivity index (χ2n) is 5.59. The Balaban J connectivity index is 1.85. The number of Topliss-reactive ketones (excluding diaryl/α,β-unsaturated/α-hetero) is 1. The second kappa shape index (κ2) is 9.39. The van der Waals surface area contributed by atoms with E-state index in [0.717, 1.165) is 12.8 Å². The number of hydrogen-bond donors (Lipinski definition) is 1. The summed E-state index contributed by atoms with van der Waals surface area (Å²) < 4.78 is 1.74. The minimum Gasteiger partial charge on any atom is -0.306 e. The first kappa shape index (κ1) is 19.2. The van der Waals surface area contributed by atoms with Gasteiger partial charge in [-0.1, -0.05) is 35.3 Å². The van der Waals surface area contributed by atoms with E-state index >= 15 is 0 Å². The number of halogens is 2. The van der Waals surface area contributed by atoms with Gasteiger partial charge in [-0.05, 0) is 37.5 Å². The third-order valence-electron chi connectivity index (χ3n) is 3.45. The van der Waals surface area contributed by atoms with E-state index in [0.29, 0.717) is 34.4 Å². The van der Waals surface area contributed by atoms with E-state index < -0.39 is 0 Å². The summed E-state index contributed by atoms with van der Waals surface area (Å²) in [5.74, 6) is 0.358. The predicted molar refractivity (Wildman–Crippen MR) is 101 cm³/mol. The molecule has 0 aliphatic rings. The van der Waals surface area contributed by atoms with Crippen molar-refractivity contribution in [1.29, 1.82) is 0 Å². The summed E-state index contributed by atoms with van der Waals surface area (Å²) in [7, 11) is 0. The zero-order chi connectivity index (χ0) is 18.2. The standard InChI is InChI=1S/C18H19Cl2N3O2/c1-13(24)5-2-3-11-23-12-10-16(22-23)21-17(25)9-8-14-6-4-7-15(19)18(14)20/h4,6-10,12H,2-3,5,11H2,1H3,(H,21,22,25). The summed E-state index contributed by atoms with van der Waals surface area (Å²) in [4.78, 5) is 22.9. The number of hydrogen-bond acceptors (Lipinski definition) is 3. The van der Waals surface area contributed by atoms with Crippen LogP contribution >= 0.6 is 23.2 Å². The molecule has 0 unspecified atom stereocenters. The Morgan fingerprint density at radius 2 is 2.04 bits per heavy atom. The van der Waals surface area contributed by atoms with Gasteiger partial charge >= 0.3 is 0 Å². The van der Waals surface area contributed by atoms with Crippen LogP contribution in [0.2, 0.25) is 10.0 Å². The molecule has 25 heavy (non-hydrogen) atoms. The van der Waals surface area contributed by atoms with Gasteiger partial charge in [0.1, 0.15) is 5.78 Å². The minimum absolute atomic E-state index is 0.194. The van der Waals surface area contributed by atoms with Gasteiger partial charge < -0.3 is 10.1 Å². The molecule has 1 aromatic carbocycles. The van der Waals surface area contributed by atoms with Gasteiger partial charge in [-0.15, -0.1) is 0 Å². The zero-order valence-corrected chi connectivity index (χ0v) is 15.3. The summed E-state index contributed by atoms with van der Waals surface area (Å²) in [6.45, 7) is 2.29. The lowest BCUT2D eigenvalue weighted by Gasteiger charge is -2.01. The van der Waals surface area contributed by atoms with Crippen molar-refractivity contribution in [1.82, 2.24) is 9.78 Å². The number of carbonyl (C=O) groups excluding carboxylic acids is 2. The number of rotatable bonds is 8. The van der Waals surface area contributed by atoms with Gasteiger partial charge in [0.25, 0.3) is 0 Å². The molecule has 1 aromatic heterocycles. The van der Waals surface area contributed by atoms with E-state index in [1.165, 1.54) is 6.08 Å². The molecule has 1 N–H and O–H groups in total. The van der Waals surface area contributed by atoms with E-state index in [1.807, 2.05) is 0 Å². The molecule has 132 valence electrons. The zero-order valence-electron chi connectivity index (χ0n) is 13.8.